The van der Waals surface area contributed by atoms with Crippen molar-refractivity contribution >= 4 is 17.6 Å². The van der Waals surface area contributed by atoms with Crippen LogP contribution in [-0.4, -0.2) is 63.3 Å². The molecule has 0 radical (unpaired) electrons. The van der Waals surface area contributed by atoms with Crippen LogP contribution in [0.25, 0.3) is 0 Å². The fraction of sp³-hybridized carbons (Fsp3) is 0.529. The SMILES string of the molecule is Cc1nc(N2CCN(CCCSc3nccc(=O)[nH]3)CC2)cc(C(F)(F)F)n1. The monoisotopic (exact) mass is 414 g/mol. The van der Waals surface area contributed by atoms with E-state index in [4.69, 9.17) is 0 Å². The Kier molecular flexibility index (Phi) is 6.55. The van der Waals surface area contributed by atoms with E-state index in [1.807, 2.05) is 4.90 Å². The molecule has 1 aliphatic rings. The van der Waals surface area contributed by atoms with Crippen LogP contribution in [-0.2, 0) is 6.18 Å². The van der Waals surface area contributed by atoms with E-state index in [9.17, 15) is 18.0 Å². The summed E-state index contributed by atoms with van der Waals surface area (Å²) in [5.41, 5.74) is -1.07. The molecule has 0 spiro atoms. The first-order valence-electron chi connectivity index (χ1n) is 8.89. The lowest BCUT2D eigenvalue weighted by Gasteiger charge is -2.35. The maximum Gasteiger partial charge on any atom is 0.433 e. The molecule has 0 unspecified atom stereocenters. The van der Waals surface area contributed by atoms with Gasteiger partial charge in [-0.15, -0.1) is 0 Å². The Morgan fingerprint density at radius 1 is 1.21 bits per heavy atom. The Labute approximate surface area is 164 Å². The van der Waals surface area contributed by atoms with Gasteiger partial charge in [-0.05, 0) is 19.9 Å². The summed E-state index contributed by atoms with van der Waals surface area (Å²) in [4.78, 5) is 29.8. The van der Waals surface area contributed by atoms with Crippen LogP contribution in [0.4, 0.5) is 19.0 Å². The van der Waals surface area contributed by atoms with Gasteiger partial charge in [-0.25, -0.2) is 15.0 Å². The molecule has 1 N–H and O–H groups in total. The van der Waals surface area contributed by atoms with Crippen LogP contribution in [0.5, 0.6) is 0 Å². The number of nitrogens with zero attached hydrogens (tertiary/aromatic N) is 5. The lowest BCUT2D eigenvalue weighted by Crippen LogP contribution is -2.47. The van der Waals surface area contributed by atoms with Crippen molar-refractivity contribution in [3.05, 3.63) is 40.2 Å². The van der Waals surface area contributed by atoms with Crippen LogP contribution in [0.15, 0.2) is 28.3 Å². The highest BCUT2D eigenvalue weighted by Crippen LogP contribution is 2.29. The smallest absolute Gasteiger partial charge is 0.354 e. The average molecular weight is 414 g/mol. The number of aromatic nitrogens is 4. The number of nitrogens with one attached hydrogen (secondary N) is 1. The Hall–Kier alpha value is -2.14. The summed E-state index contributed by atoms with van der Waals surface area (Å²) in [6, 6.07) is 2.40. The van der Waals surface area contributed by atoms with Crippen molar-refractivity contribution in [2.45, 2.75) is 24.7 Å². The van der Waals surface area contributed by atoms with Crippen LogP contribution < -0.4 is 10.5 Å². The lowest BCUT2D eigenvalue weighted by molar-refractivity contribution is -0.141. The van der Waals surface area contributed by atoms with Gasteiger partial charge < -0.3 is 9.88 Å². The van der Waals surface area contributed by atoms with E-state index in [2.05, 4.69) is 24.8 Å². The van der Waals surface area contributed by atoms with Gasteiger partial charge >= 0.3 is 6.18 Å². The summed E-state index contributed by atoms with van der Waals surface area (Å²) in [6.07, 6.45) is -2.06. The summed E-state index contributed by atoms with van der Waals surface area (Å²) in [5, 5.41) is 0.608. The van der Waals surface area contributed by atoms with Gasteiger partial charge in [0.25, 0.3) is 5.56 Å². The van der Waals surface area contributed by atoms with Gasteiger partial charge in [-0.2, -0.15) is 13.2 Å². The number of hydrogen-bond acceptors (Lipinski definition) is 7. The molecular formula is C17H21F3N6OS. The van der Waals surface area contributed by atoms with E-state index in [1.54, 1.807) is 0 Å². The fourth-order valence-corrected chi connectivity index (χ4v) is 3.72. The molecule has 3 heterocycles. The van der Waals surface area contributed by atoms with Gasteiger partial charge in [0, 0.05) is 50.3 Å². The van der Waals surface area contributed by atoms with Gasteiger partial charge in [0.1, 0.15) is 17.3 Å². The molecule has 11 heteroatoms. The van der Waals surface area contributed by atoms with E-state index in [-0.39, 0.29) is 11.4 Å². The highest BCUT2D eigenvalue weighted by atomic mass is 32.2. The van der Waals surface area contributed by atoms with E-state index in [0.717, 1.165) is 37.9 Å². The number of H-pyrrole nitrogens is 1. The van der Waals surface area contributed by atoms with E-state index < -0.39 is 11.9 Å². The number of aryl methyl sites for hydroxylation is 1. The minimum absolute atomic E-state index is 0.122. The molecule has 2 aromatic rings. The first-order valence-corrected chi connectivity index (χ1v) is 9.88. The minimum atomic E-state index is -4.47. The molecule has 1 aliphatic heterocycles. The highest BCUT2D eigenvalue weighted by Gasteiger charge is 2.34. The maximum atomic E-state index is 13.0. The van der Waals surface area contributed by atoms with Gasteiger partial charge in [0.2, 0.25) is 0 Å². The van der Waals surface area contributed by atoms with Crippen molar-refractivity contribution in [1.82, 2.24) is 24.8 Å². The van der Waals surface area contributed by atoms with Gasteiger partial charge in [-0.1, -0.05) is 11.8 Å². The third-order valence-electron chi connectivity index (χ3n) is 4.32. The molecule has 2 aromatic heterocycles. The Morgan fingerprint density at radius 3 is 2.64 bits per heavy atom. The molecule has 28 heavy (non-hydrogen) atoms. The number of hydrogen-bond donors (Lipinski definition) is 1. The van der Waals surface area contributed by atoms with Crippen molar-refractivity contribution < 1.29 is 13.2 Å². The zero-order valence-corrected chi connectivity index (χ0v) is 16.2. The van der Waals surface area contributed by atoms with Crippen LogP contribution in [0.2, 0.25) is 0 Å². The molecule has 0 aromatic carbocycles. The topological polar surface area (TPSA) is 78.0 Å². The number of piperazine rings is 1. The largest absolute Gasteiger partial charge is 0.433 e. The third kappa shape index (κ3) is 5.68. The number of alkyl halides is 3. The third-order valence-corrected chi connectivity index (χ3v) is 5.29. The normalized spacial score (nSPS) is 15.8. The Bertz CT molecular complexity index is 851. The first kappa shape index (κ1) is 20.6. The molecule has 0 amide bonds. The zero-order valence-electron chi connectivity index (χ0n) is 15.4. The molecule has 3 rings (SSSR count). The number of halogens is 3. The second-order valence-electron chi connectivity index (χ2n) is 6.43. The molecule has 0 bridgehead atoms. The van der Waals surface area contributed by atoms with Crippen molar-refractivity contribution in [2.24, 2.45) is 0 Å². The van der Waals surface area contributed by atoms with Crippen LogP contribution in [0.1, 0.15) is 17.9 Å². The number of anilines is 1. The van der Waals surface area contributed by atoms with Crippen LogP contribution in [0, 0.1) is 6.92 Å². The van der Waals surface area contributed by atoms with E-state index in [0.29, 0.717) is 24.1 Å². The average Bonchev–Trinajstić information content (AvgIpc) is 2.65. The molecule has 152 valence electrons. The summed E-state index contributed by atoms with van der Waals surface area (Å²) in [5.74, 6) is 1.28. The van der Waals surface area contributed by atoms with Gasteiger partial charge in [0.05, 0.1) is 0 Å². The molecule has 7 nitrogen and oxygen atoms in total. The Balaban J connectivity index is 1.46. The van der Waals surface area contributed by atoms with Gasteiger partial charge in [-0.3, -0.25) is 9.69 Å². The lowest BCUT2D eigenvalue weighted by atomic mass is 10.2. The second kappa shape index (κ2) is 8.91. The second-order valence-corrected chi connectivity index (χ2v) is 7.51. The van der Waals surface area contributed by atoms with Crippen molar-refractivity contribution in [3.8, 4) is 0 Å². The molecular weight excluding hydrogens is 393 g/mol. The van der Waals surface area contributed by atoms with E-state index >= 15 is 0 Å². The van der Waals surface area contributed by atoms with E-state index in [1.165, 1.54) is 30.9 Å². The summed E-state index contributed by atoms with van der Waals surface area (Å²) in [6.45, 7) is 5.11. The molecule has 1 fully saturated rings. The van der Waals surface area contributed by atoms with Crippen LogP contribution >= 0.6 is 11.8 Å². The summed E-state index contributed by atoms with van der Waals surface area (Å²) >= 11 is 1.50. The summed E-state index contributed by atoms with van der Waals surface area (Å²) < 4.78 is 38.9. The van der Waals surface area contributed by atoms with Crippen LogP contribution in [0.3, 0.4) is 0 Å². The maximum absolute atomic E-state index is 13.0. The quantitative estimate of drug-likeness (QED) is 0.441. The number of thioether (sulfide) groups is 1. The first-order chi connectivity index (χ1) is 13.3. The molecule has 0 aliphatic carbocycles. The standard InChI is InChI=1S/C17H21F3N6OS/c1-12-22-13(17(18,19)20)11-14(23-12)26-8-6-25(7-9-26)5-2-10-28-16-21-4-3-15(27)24-16/h3-4,11H,2,5-10H2,1H3,(H,21,24,27). The molecule has 1 saturated heterocycles. The Morgan fingerprint density at radius 2 is 1.96 bits per heavy atom. The zero-order chi connectivity index (χ0) is 20.1. The minimum Gasteiger partial charge on any atom is -0.354 e. The van der Waals surface area contributed by atoms with Crippen molar-refractivity contribution in [1.29, 1.82) is 0 Å². The van der Waals surface area contributed by atoms with Crippen molar-refractivity contribution in [3.63, 3.8) is 0 Å². The predicted molar refractivity (Wildman–Crippen MR) is 101 cm³/mol. The highest BCUT2D eigenvalue weighted by molar-refractivity contribution is 7.99. The number of aromatic amines is 1. The van der Waals surface area contributed by atoms with Gasteiger partial charge in [0.15, 0.2) is 5.16 Å². The summed E-state index contributed by atoms with van der Waals surface area (Å²) in [7, 11) is 0. The molecule has 0 atom stereocenters. The fourth-order valence-electron chi connectivity index (χ4n) is 2.94. The molecule has 0 saturated carbocycles. The predicted octanol–water partition coefficient (Wildman–Crippen LogP) is 2.19. The number of rotatable bonds is 6. The van der Waals surface area contributed by atoms with Crippen molar-refractivity contribution in [2.75, 3.05) is 43.4 Å².